The molecule has 0 aliphatic rings. The van der Waals surface area contributed by atoms with Crippen molar-refractivity contribution in [2.45, 2.75) is 10.8 Å². The molecule has 21 heavy (non-hydrogen) atoms. The molecule has 0 fully saturated rings. The van der Waals surface area contributed by atoms with Gasteiger partial charge in [0.25, 0.3) is 11.8 Å². The van der Waals surface area contributed by atoms with Crippen LogP contribution in [-0.2, 0) is 5.75 Å². The highest BCUT2D eigenvalue weighted by molar-refractivity contribution is 7.98. The summed E-state index contributed by atoms with van der Waals surface area (Å²) >= 11 is 1.59. The van der Waals surface area contributed by atoms with Crippen molar-refractivity contribution in [3.05, 3.63) is 42.4 Å². The minimum atomic E-state index is 0.391. The van der Waals surface area contributed by atoms with E-state index in [1.165, 1.54) is 5.56 Å². The van der Waals surface area contributed by atoms with Crippen LogP contribution in [-0.4, -0.2) is 33.8 Å². The molecule has 0 atom stereocenters. The van der Waals surface area contributed by atoms with E-state index in [1.54, 1.807) is 38.4 Å². The van der Waals surface area contributed by atoms with E-state index < -0.39 is 0 Å². The van der Waals surface area contributed by atoms with Crippen LogP contribution in [0.1, 0.15) is 5.56 Å². The summed E-state index contributed by atoms with van der Waals surface area (Å²) in [5.41, 5.74) is 2.27. The molecule has 7 heteroatoms. The van der Waals surface area contributed by atoms with Crippen LogP contribution in [0.4, 0.5) is 0 Å². The lowest BCUT2D eigenvalue weighted by Crippen LogP contribution is -1.97. The lowest BCUT2D eigenvalue weighted by molar-refractivity contribution is 0.328. The third-order valence-electron chi connectivity index (χ3n) is 2.92. The minimum absolute atomic E-state index is 0.391. The van der Waals surface area contributed by atoms with E-state index in [0.29, 0.717) is 11.8 Å². The molecule has 0 radical (unpaired) electrons. The van der Waals surface area contributed by atoms with E-state index in [2.05, 4.69) is 21.1 Å². The fourth-order valence-corrected chi connectivity index (χ4v) is 2.67. The van der Waals surface area contributed by atoms with Crippen molar-refractivity contribution < 1.29 is 9.47 Å². The van der Waals surface area contributed by atoms with Gasteiger partial charge in [-0.25, -0.2) is 14.5 Å². The number of ether oxygens (including phenoxy) is 2. The Kier molecular flexibility index (Phi) is 3.92. The maximum absolute atomic E-state index is 5.15. The second kappa shape index (κ2) is 6.01. The summed E-state index contributed by atoms with van der Waals surface area (Å²) in [4.78, 5) is 8.54. The molecule has 0 unspecified atom stereocenters. The van der Waals surface area contributed by atoms with Gasteiger partial charge in [0.1, 0.15) is 5.03 Å². The van der Waals surface area contributed by atoms with Crippen LogP contribution in [0.25, 0.3) is 5.52 Å². The average Bonchev–Trinajstić information content (AvgIpc) is 3.00. The van der Waals surface area contributed by atoms with Gasteiger partial charge in [-0.1, -0.05) is 11.8 Å². The van der Waals surface area contributed by atoms with E-state index in [-0.39, 0.29) is 0 Å². The number of nitrogens with zero attached hydrogens (tertiary/aromatic N) is 4. The summed E-state index contributed by atoms with van der Waals surface area (Å²) in [6, 6.07) is 6.12. The van der Waals surface area contributed by atoms with Crippen molar-refractivity contribution in [3.8, 4) is 11.8 Å². The molecule has 0 N–H and O–H groups in total. The zero-order chi connectivity index (χ0) is 14.7. The van der Waals surface area contributed by atoms with Crippen molar-refractivity contribution in [3.63, 3.8) is 0 Å². The van der Waals surface area contributed by atoms with Crippen LogP contribution in [0.15, 0.2) is 41.8 Å². The highest BCUT2D eigenvalue weighted by Crippen LogP contribution is 2.27. The molecule has 0 aliphatic heterocycles. The Morgan fingerprint density at radius 2 is 2.05 bits per heavy atom. The average molecular weight is 302 g/mol. The second-order valence-electron chi connectivity index (χ2n) is 4.25. The molecule has 0 aromatic carbocycles. The largest absolute Gasteiger partial charge is 0.477 e. The standard InChI is InChI=1S/C14H14N4O2S/c1-19-13-14(20-2)17-12(8-15-13)21-9-10-4-6-18-11(7-10)3-5-16-18/h3-8H,9H2,1-2H3. The van der Waals surface area contributed by atoms with Gasteiger partial charge < -0.3 is 9.47 Å². The van der Waals surface area contributed by atoms with Crippen LogP contribution < -0.4 is 9.47 Å². The quantitative estimate of drug-likeness (QED) is 0.675. The SMILES string of the molecule is COc1ncc(SCc2ccn3nccc3c2)nc1OC. The first-order chi connectivity index (χ1) is 10.3. The topological polar surface area (TPSA) is 61.5 Å². The summed E-state index contributed by atoms with van der Waals surface area (Å²) in [5, 5.41) is 4.97. The zero-order valence-electron chi connectivity index (χ0n) is 11.7. The van der Waals surface area contributed by atoms with Crippen molar-refractivity contribution >= 4 is 17.3 Å². The summed E-state index contributed by atoms with van der Waals surface area (Å²) in [6.45, 7) is 0. The number of methoxy groups -OCH3 is 2. The monoisotopic (exact) mass is 302 g/mol. The van der Waals surface area contributed by atoms with Gasteiger partial charge in [-0.2, -0.15) is 5.10 Å². The zero-order valence-corrected chi connectivity index (χ0v) is 12.5. The first-order valence-electron chi connectivity index (χ1n) is 6.30. The number of pyridine rings is 1. The molecular formula is C14H14N4O2S. The Morgan fingerprint density at radius 3 is 2.86 bits per heavy atom. The third kappa shape index (κ3) is 2.92. The van der Waals surface area contributed by atoms with Gasteiger partial charge >= 0.3 is 0 Å². The van der Waals surface area contributed by atoms with E-state index in [9.17, 15) is 0 Å². The summed E-state index contributed by atoms with van der Waals surface area (Å²) < 4.78 is 12.1. The lowest BCUT2D eigenvalue weighted by Gasteiger charge is -2.07. The first-order valence-corrected chi connectivity index (χ1v) is 7.29. The van der Waals surface area contributed by atoms with Crippen molar-refractivity contribution in [2.75, 3.05) is 14.2 Å². The Bertz CT molecular complexity index is 760. The minimum Gasteiger partial charge on any atom is -0.477 e. The number of thioether (sulfide) groups is 1. The molecule has 3 heterocycles. The van der Waals surface area contributed by atoms with Gasteiger partial charge in [-0.15, -0.1) is 0 Å². The molecule has 3 aromatic rings. The summed E-state index contributed by atoms with van der Waals surface area (Å²) in [6.07, 6.45) is 5.42. The van der Waals surface area contributed by atoms with E-state index >= 15 is 0 Å². The summed E-state index contributed by atoms with van der Waals surface area (Å²) in [5.74, 6) is 1.59. The number of aromatic nitrogens is 4. The Balaban J connectivity index is 1.74. The fourth-order valence-electron chi connectivity index (χ4n) is 1.90. The predicted molar refractivity (Wildman–Crippen MR) is 79.9 cm³/mol. The fraction of sp³-hybridized carbons (Fsp3) is 0.214. The Labute approximate surface area is 126 Å². The van der Waals surface area contributed by atoms with Crippen LogP contribution in [0, 0.1) is 0 Å². The maximum Gasteiger partial charge on any atom is 0.278 e. The van der Waals surface area contributed by atoms with Crippen molar-refractivity contribution in [2.24, 2.45) is 0 Å². The molecule has 3 rings (SSSR count). The lowest BCUT2D eigenvalue weighted by atomic mass is 10.3. The molecule has 0 amide bonds. The van der Waals surface area contributed by atoms with E-state index in [4.69, 9.17) is 9.47 Å². The van der Waals surface area contributed by atoms with Gasteiger partial charge in [0.15, 0.2) is 0 Å². The van der Waals surface area contributed by atoms with Gasteiger partial charge in [0, 0.05) is 18.1 Å². The highest BCUT2D eigenvalue weighted by atomic mass is 32.2. The molecule has 108 valence electrons. The Hall–Kier alpha value is -2.28. The van der Waals surface area contributed by atoms with Crippen molar-refractivity contribution in [1.29, 1.82) is 0 Å². The molecule has 0 aliphatic carbocycles. The highest BCUT2D eigenvalue weighted by Gasteiger charge is 2.09. The van der Waals surface area contributed by atoms with Crippen LogP contribution in [0.3, 0.4) is 0 Å². The smallest absolute Gasteiger partial charge is 0.278 e. The van der Waals surface area contributed by atoms with Gasteiger partial charge in [0.05, 0.1) is 25.9 Å². The number of fused-ring (bicyclic) bond motifs is 1. The number of hydrogen-bond donors (Lipinski definition) is 0. The van der Waals surface area contributed by atoms with Gasteiger partial charge in [-0.05, 0) is 23.8 Å². The normalized spacial score (nSPS) is 10.8. The predicted octanol–water partition coefficient (Wildman–Crippen LogP) is 2.43. The molecule has 0 bridgehead atoms. The van der Waals surface area contributed by atoms with Crippen LogP contribution in [0.5, 0.6) is 11.8 Å². The van der Waals surface area contributed by atoms with Crippen molar-refractivity contribution in [1.82, 2.24) is 19.6 Å². The Morgan fingerprint density at radius 1 is 1.19 bits per heavy atom. The molecule has 0 saturated heterocycles. The maximum atomic E-state index is 5.15. The number of hydrogen-bond acceptors (Lipinski definition) is 6. The molecule has 0 spiro atoms. The van der Waals surface area contributed by atoms with E-state index in [0.717, 1.165) is 16.3 Å². The van der Waals surface area contributed by atoms with Crippen LogP contribution >= 0.6 is 11.8 Å². The first kappa shape index (κ1) is 13.7. The molecule has 3 aromatic heterocycles. The van der Waals surface area contributed by atoms with Gasteiger partial charge in [-0.3, -0.25) is 0 Å². The van der Waals surface area contributed by atoms with Gasteiger partial charge in [0.2, 0.25) is 0 Å². The molecule has 6 nitrogen and oxygen atoms in total. The second-order valence-corrected chi connectivity index (χ2v) is 5.25. The molecular weight excluding hydrogens is 288 g/mol. The molecule has 0 saturated carbocycles. The number of rotatable bonds is 5. The van der Waals surface area contributed by atoms with E-state index in [1.807, 2.05) is 22.8 Å². The summed E-state index contributed by atoms with van der Waals surface area (Å²) in [7, 11) is 3.09. The third-order valence-corrected chi connectivity index (χ3v) is 3.89. The van der Waals surface area contributed by atoms with Crippen LogP contribution in [0.2, 0.25) is 0 Å².